The summed E-state index contributed by atoms with van der Waals surface area (Å²) in [6.07, 6.45) is -4.56. The number of hydrogen-bond donors (Lipinski definition) is 2. The highest BCUT2D eigenvalue weighted by Gasteiger charge is 2.31. The topological polar surface area (TPSA) is 32.3 Å². The Hall–Kier alpha value is -1.14. The summed E-state index contributed by atoms with van der Waals surface area (Å²) in [4.78, 5) is 0. The molecule has 0 saturated carbocycles. The minimum absolute atomic E-state index is 0.0603. The molecule has 102 valence electrons. The Balaban J connectivity index is 2.75. The number of halogens is 4. The average Bonchev–Trinajstić information content (AvgIpc) is 2.13. The maximum Gasteiger partial charge on any atom is 0.416 e. The highest BCUT2D eigenvalue weighted by Crippen LogP contribution is 2.30. The average molecular weight is 265 g/mol. The summed E-state index contributed by atoms with van der Waals surface area (Å²) >= 11 is 0. The van der Waals surface area contributed by atoms with Crippen LogP contribution in [0.2, 0.25) is 0 Å². The second-order valence-corrected chi connectivity index (χ2v) is 4.76. The summed E-state index contributed by atoms with van der Waals surface area (Å²) in [5, 5.41) is 12.2. The summed E-state index contributed by atoms with van der Waals surface area (Å²) in [7, 11) is 0. The smallest absolute Gasteiger partial charge is 0.389 e. The van der Waals surface area contributed by atoms with Gasteiger partial charge in [-0.2, -0.15) is 13.2 Å². The van der Waals surface area contributed by atoms with Gasteiger partial charge in [-0.1, -0.05) is 0 Å². The molecule has 0 aliphatic carbocycles. The zero-order valence-electron chi connectivity index (χ0n) is 10.1. The minimum atomic E-state index is -4.56. The molecule has 0 aromatic heterocycles. The highest BCUT2D eigenvalue weighted by atomic mass is 19.4. The molecule has 0 aliphatic heterocycles. The number of hydrogen-bond acceptors (Lipinski definition) is 2. The van der Waals surface area contributed by atoms with Crippen LogP contribution in [0.15, 0.2) is 18.2 Å². The molecule has 0 bridgehead atoms. The van der Waals surface area contributed by atoms with E-state index in [2.05, 4.69) is 5.32 Å². The van der Waals surface area contributed by atoms with Crippen molar-refractivity contribution in [2.45, 2.75) is 32.2 Å². The van der Waals surface area contributed by atoms with Crippen LogP contribution >= 0.6 is 0 Å². The minimum Gasteiger partial charge on any atom is -0.389 e. The van der Waals surface area contributed by atoms with E-state index >= 15 is 0 Å². The molecule has 0 fully saturated rings. The third kappa shape index (κ3) is 5.01. The largest absolute Gasteiger partial charge is 0.416 e. The molecule has 0 saturated heterocycles. The Morgan fingerprint density at radius 1 is 1.17 bits per heavy atom. The summed E-state index contributed by atoms with van der Waals surface area (Å²) in [5.41, 5.74) is -1.80. The van der Waals surface area contributed by atoms with Crippen LogP contribution in [-0.4, -0.2) is 17.3 Å². The fraction of sp³-hybridized carbons (Fsp3) is 0.500. The van der Waals surface area contributed by atoms with E-state index in [1.807, 2.05) is 0 Å². The van der Waals surface area contributed by atoms with Gasteiger partial charge < -0.3 is 10.4 Å². The van der Waals surface area contributed by atoms with Crippen molar-refractivity contribution in [3.8, 4) is 0 Å². The van der Waals surface area contributed by atoms with Crippen LogP contribution in [0.1, 0.15) is 25.0 Å². The van der Waals surface area contributed by atoms with Gasteiger partial charge in [0.15, 0.2) is 0 Å². The lowest BCUT2D eigenvalue weighted by molar-refractivity contribution is -0.137. The molecular weight excluding hydrogens is 250 g/mol. The standard InChI is InChI=1S/C12H15F4NO/c1-11(2,18)7-17-6-8-3-9(12(14,15)16)5-10(13)4-8/h3-5,17-18H,6-7H2,1-2H3. The maximum absolute atomic E-state index is 13.0. The zero-order chi connectivity index (χ0) is 14.0. The predicted octanol–water partition coefficient (Wildman–Crippen LogP) is 2.71. The lowest BCUT2D eigenvalue weighted by Gasteiger charge is -2.18. The molecule has 1 aromatic carbocycles. The second kappa shape index (κ2) is 5.24. The van der Waals surface area contributed by atoms with Crippen molar-refractivity contribution in [3.05, 3.63) is 35.1 Å². The van der Waals surface area contributed by atoms with E-state index in [9.17, 15) is 22.7 Å². The monoisotopic (exact) mass is 265 g/mol. The van der Waals surface area contributed by atoms with Crippen LogP contribution < -0.4 is 5.32 Å². The van der Waals surface area contributed by atoms with E-state index < -0.39 is 23.2 Å². The first-order valence-electron chi connectivity index (χ1n) is 5.38. The van der Waals surface area contributed by atoms with Gasteiger partial charge in [0.05, 0.1) is 11.2 Å². The first-order chi connectivity index (χ1) is 8.08. The van der Waals surface area contributed by atoms with Crippen molar-refractivity contribution in [1.29, 1.82) is 0 Å². The first-order valence-corrected chi connectivity index (χ1v) is 5.38. The van der Waals surface area contributed by atoms with Crippen LogP contribution in [0.25, 0.3) is 0 Å². The number of nitrogens with one attached hydrogen (secondary N) is 1. The quantitative estimate of drug-likeness (QED) is 0.820. The fourth-order valence-electron chi connectivity index (χ4n) is 1.43. The molecule has 6 heteroatoms. The van der Waals surface area contributed by atoms with Crippen molar-refractivity contribution >= 4 is 0 Å². The van der Waals surface area contributed by atoms with Gasteiger partial charge in [-0.3, -0.25) is 0 Å². The normalized spacial score (nSPS) is 12.8. The molecule has 0 heterocycles. The zero-order valence-corrected chi connectivity index (χ0v) is 10.1. The maximum atomic E-state index is 13.0. The molecule has 2 nitrogen and oxygen atoms in total. The third-order valence-electron chi connectivity index (χ3n) is 2.17. The van der Waals surface area contributed by atoms with Gasteiger partial charge in [-0.25, -0.2) is 4.39 Å². The molecule has 1 rings (SSSR count). The van der Waals surface area contributed by atoms with Gasteiger partial charge >= 0.3 is 6.18 Å². The number of alkyl halides is 3. The van der Waals surface area contributed by atoms with E-state index in [0.29, 0.717) is 6.07 Å². The Morgan fingerprint density at radius 3 is 2.28 bits per heavy atom. The summed E-state index contributed by atoms with van der Waals surface area (Å²) in [5.74, 6) is -0.926. The summed E-state index contributed by atoms with van der Waals surface area (Å²) in [6, 6.07) is 2.38. The van der Waals surface area contributed by atoms with Crippen molar-refractivity contribution in [2.24, 2.45) is 0 Å². The van der Waals surface area contributed by atoms with E-state index in [1.165, 1.54) is 0 Å². The third-order valence-corrected chi connectivity index (χ3v) is 2.17. The molecule has 1 aromatic rings. The first kappa shape index (κ1) is 14.9. The van der Waals surface area contributed by atoms with Crippen molar-refractivity contribution in [1.82, 2.24) is 5.32 Å². The van der Waals surface area contributed by atoms with E-state index in [-0.39, 0.29) is 18.7 Å². The van der Waals surface area contributed by atoms with Gasteiger partial charge in [-0.05, 0) is 37.6 Å². The highest BCUT2D eigenvalue weighted by molar-refractivity contribution is 5.26. The van der Waals surface area contributed by atoms with E-state index in [4.69, 9.17) is 0 Å². The molecule has 0 unspecified atom stereocenters. The van der Waals surface area contributed by atoms with Gasteiger partial charge in [0.25, 0.3) is 0 Å². The second-order valence-electron chi connectivity index (χ2n) is 4.76. The Bertz CT molecular complexity index is 410. The van der Waals surface area contributed by atoms with Gasteiger partial charge in [0.2, 0.25) is 0 Å². The van der Waals surface area contributed by atoms with Crippen molar-refractivity contribution < 1.29 is 22.7 Å². The predicted molar refractivity (Wildman–Crippen MR) is 59.4 cm³/mol. The molecule has 0 atom stereocenters. The Labute approximate surface area is 103 Å². The Morgan fingerprint density at radius 2 is 1.78 bits per heavy atom. The lowest BCUT2D eigenvalue weighted by Crippen LogP contribution is -2.34. The Kier molecular flexibility index (Phi) is 4.34. The van der Waals surface area contributed by atoms with Gasteiger partial charge in [0, 0.05) is 13.1 Å². The summed E-state index contributed by atoms with van der Waals surface area (Å²) in [6.45, 7) is 3.38. The lowest BCUT2D eigenvalue weighted by atomic mass is 10.1. The SMILES string of the molecule is CC(C)(O)CNCc1cc(F)cc(C(F)(F)F)c1. The molecule has 0 spiro atoms. The fourth-order valence-corrected chi connectivity index (χ4v) is 1.43. The van der Waals surface area contributed by atoms with E-state index in [1.54, 1.807) is 13.8 Å². The number of aliphatic hydroxyl groups is 1. The van der Waals surface area contributed by atoms with Gasteiger partial charge in [-0.15, -0.1) is 0 Å². The molecule has 0 amide bonds. The van der Waals surface area contributed by atoms with Crippen molar-refractivity contribution in [3.63, 3.8) is 0 Å². The van der Waals surface area contributed by atoms with Crippen molar-refractivity contribution in [2.75, 3.05) is 6.54 Å². The molecule has 2 N–H and O–H groups in total. The summed E-state index contributed by atoms with van der Waals surface area (Å²) < 4.78 is 50.3. The number of benzene rings is 1. The van der Waals surface area contributed by atoms with E-state index in [0.717, 1.165) is 12.1 Å². The van der Waals surface area contributed by atoms with Crippen LogP contribution in [0.5, 0.6) is 0 Å². The molecular formula is C12H15F4NO. The molecule has 0 radical (unpaired) electrons. The van der Waals surface area contributed by atoms with Crippen LogP contribution in [0.4, 0.5) is 17.6 Å². The van der Waals surface area contributed by atoms with Crippen LogP contribution in [0.3, 0.4) is 0 Å². The van der Waals surface area contributed by atoms with Gasteiger partial charge in [0.1, 0.15) is 5.82 Å². The van der Waals surface area contributed by atoms with Crippen LogP contribution in [0, 0.1) is 5.82 Å². The molecule has 18 heavy (non-hydrogen) atoms. The van der Waals surface area contributed by atoms with Crippen LogP contribution in [-0.2, 0) is 12.7 Å². The number of rotatable bonds is 4. The molecule has 0 aliphatic rings.